The number of rotatable bonds is 5. The van der Waals surface area contributed by atoms with E-state index in [0.717, 1.165) is 11.1 Å². The molecule has 0 spiro atoms. The SMILES string of the molecule is Cc1cc(C(F)F)c2c(C)nn(CC(=O)Nc3ccc(-c4ccccc4)cc3)c2n1. The van der Waals surface area contributed by atoms with E-state index in [-0.39, 0.29) is 23.7 Å². The fraction of sp³-hybridized carbons (Fsp3) is 0.174. The summed E-state index contributed by atoms with van der Waals surface area (Å²) in [6, 6.07) is 18.8. The molecule has 0 atom stereocenters. The predicted molar refractivity (Wildman–Crippen MR) is 112 cm³/mol. The Labute approximate surface area is 172 Å². The number of aromatic nitrogens is 3. The second kappa shape index (κ2) is 8.02. The highest BCUT2D eigenvalue weighted by Gasteiger charge is 2.20. The van der Waals surface area contributed by atoms with Crippen molar-refractivity contribution >= 4 is 22.6 Å². The summed E-state index contributed by atoms with van der Waals surface area (Å²) in [5, 5.41) is 7.39. The lowest BCUT2D eigenvalue weighted by molar-refractivity contribution is -0.116. The van der Waals surface area contributed by atoms with Crippen molar-refractivity contribution in [2.45, 2.75) is 26.8 Å². The van der Waals surface area contributed by atoms with Crippen LogP contribution in [0.2, 0.25) is 0 Å². The fourth-order valence-electron chi connectivity index (χ4n) is 3.51. The topological polar surface area (TPSA) is 59.8 Å². The smallest absolute Gasteiger partial charge is 0.264 e. The lowest BCUT2D eigenvalue weighted by Gasteiger charge is -2.08. The van der Waals surface area contributed by atoms with Crippen LogP contribution < -0.4 is 5.32 Å². The number of nitrogens with one attached hydrogen (secondary N) is 1. The first-order valence-electron chi connectivity index (χ1n) is 9.50. The Balaban J connectivity index is 1.54. The molecule has 30 heavy (non-hydrogen) atoms. The van der Waals surface area contributed by atoms with E-state index in [1.54, 1.807) is 13.8 Å². The van der Waals surface area contributed by atoms with Gasteiger partial charge in [0.05, 0.1) is 11.1 Å². The lowest BCUT2D eigenvalue weighted by atomic mass is 10.1. The van der Waals surface area contributed by atoms with Gasteiger partial charge in [0, 0.05) is 16.9 Å². The van der Waals surface area contributed by atoms with Crippen LogP contribution in [0.3, 0.4) is 0 Å². The Kier molecular flexibility index (Phi) is 5.27. The van der Waals surface area contributed by atoms with E-state index in [4.69, 9.17) is 0 Å². The summed E-state index contributed by atoms with van der Waals surface area (Å²) in [7, 11) is 0. The van der Waals surface area contributed by atoms with Gasteiger partial charge in [-0.05, 0) is 43.2 Å². The maximum Gasteiger partial charge on any atom is 0.264 e. The van der Waals surface area contributed by atoms with E-state index in [2.05, 4.69) is 15.4 Å². The third-order valence-electron chi connectivity index (χ3n) is 4.84. The zero-order valence-corrected chi connectivity index (χ0v) is 16.6. The number of anilines is 1. The highest BCUT2D eigenvalue weighted by molar-refractivity contribution is 5.92. The molecule has 4 aromatic rings. The van der Waals surface area contributed by atoms with Gasteiger partial charge in [0.25, 0.3) is 6.43 Å². The second-order valence-corrected chi connectivity index (χ2v) is 7.09. The number of carbonyl (C=O) groups excluding carboxylic acids is 1. The average Bonchev–Trinajstić information content (AvgIpc) is 3.03. The van der Waals surface area contributed by atoms with Crippen LogP contribution in [0.15, 0.2) is 60.7 Å². The molecule has 0 aliphatic rings. The maximum atomic E-state index is 13.4. The summed E-state index contributed by atoms with van der Waals surface area (Å²) < 4.78 is 28.2. The minimum atomic E-state index is -2.64. The van der Waals surface area contributed by atoms with Gasteiger partial charge < -0.3 is 5.32 Å². The summed E-state index contributed by atoms with van der Waals surface area (Å²) in [6.07, 6.45) is -2.64. The molecule has 5 nitrogen and oxygen atoms in total. The molecular weight excluding hydrogens is 386 g/mol. The third kappa shape index (κ3) is 3.91. The molecule has 0 bridgehead atoms. The van der Waals surface area contributed by atoms with E-state index in [9.17, 15) is 13.6 Å². The standard InChI is InChI=1S/C23H20F2N4O/c1-14-12-19(22(24)25)21-15(2)28-29(23(21)26-14)13-20(30)27-18-10-8-17(9-11-18)16-6-4-3-5-7-16/h3-12,22H,13H2,1-2H3,(H,27,30). The van der Waals surface area contributed by atoms with Crippen LogP contribution in [-0.2, 0) is 11.3 Å². The molecule has 0 fully saturated rings. The maximum absolute atomic E-state index is 13.4. The molecule has 1 N–H and O–H groups in total. The second-order valence-electron chi connectivity index (χ2n) is 7.09. The number of hydrogen-bond donors (Lipinski definition) is 1. The Bertz CT molecular complexity index is 1200. The number of halogens is 2. The first-order chi connectivity index (χ1) is 14.4. The number of benzene rings is 2. The minimum Gasteiger partial charge on any atom is -0.324 e. The highest BCUT2D eigenvalue weighted by Crippen LogP contribution is 2.30. The molecule has 2 aromatic carbocycles. The van der Waals surface area contributed by atoms with Gasteiger partial charge in [0.2, 0.25) is 5.91 Å². The molecule has 152 valence electrons. The first-order valence-corrected chi connectivity index (χ1v) is 9.50. The normalized spacial score (nSPS) is 11.2. The Morgan fingerprint density at radius 1 is 1.03 bits per heavy atom. The molecule has 7 heteroatoms. The van der Waals surface area contributed by atoms with E-state index in [1.807, 2.05) is 54.6 Å². The van der Waals surface area contributed by atoms with Crippen LogP contribution in [0.25, 0.3) is 22.2 Å². The molecule has 4 rings (SSSR count). The minimum absolute atomic E-state index is 0.113. The van der Waals surface area contributed by atoms with Gasteiger partial charge in [-0.2, -0.15) is 5.10 Å². The van der Waals surface area contributed by atoms with Crippen molar-refractivity contribution in [2.75, 3.05) is 5.32 Å². The van der Waals surface area contributed by atoms with Crippen LogP contribution in [0.4, 0.5) is 14.5 Å². The molecule has 0 aliphatic carbocycles. The predicted octanol–water partition coefficient (Wildman–Crippen LogP) is 5.29. The number of nitrogens with zero attached hydrogens (tertiary/aromatic N) is 3. The van der Waals surface area contributed by atoms with Crippen LogP contribution in [0.1, 0.15) is 23.4 Å². The number of fused-ring (bicyclic) bond motifs is 1. The molecule has 0 unspecified atom stereocenters. The number of alkyl halides is 2. The van der Waals surface area contributed by atoms with E-state index in [1.165, 1.54) is 10.7 Å². The van der Waals surface area contributed by atoms with Gasteiger partial charge in [-0.1, -0.05) is 42.5 Å². The molecule has 2 heterocycles. The molecular formula is C23H20F2N4O. The van der Waals surface area contributed by atoms with Crippen LogP contribution in [0.5, 0.6) is 0 Å². The third-order valence-corrected chi connectivity index (χ3v) is 4.84. The van der Waals surface area contributed by atoms with E-state index in [0.29, 0.717) is 22.5 Å². The number of amides is 1. The summed E-state index contributed by atoms with van der Waals surface area (Å²) in [4.78, 5) is 16.9. The quantitative estimate of drug-likeness (QED) is 0.490. The Morgan fingerprint density at radius 2 is 1.70 bits per heavy atom. The molecule has 0 aliphatic heterocycles. The zero-order valence-electron chi connectivity index (χ0n) is 16.6. The van der Waals surface area contributed by atoms with Crippen molar-refractivity contribution in [1.29, 1.82) is 0 Å². The molecule has 0 saturated heterocycles. The summed E-state index contributed by atoms with van der Waals surface area (Å²) >= 11 is 0. The van der Waals surface area contributed by atoms with Gasteiger partial charge in [0.15, 0.2) is 5.65 Å². The van der Waals surface area contributed by atoms with Gasteiger partial charge in [-0.3, -0.25) is 4.79 Å². The van der Waals surface area contributed by atoms with Crippen LogP contribution in [0, 0.1) is 13.8 Å². The van der Waals surface area contributed by atoms with Crippen molar-refractivity contribution < 1.29 is 13.6 Å². The Hall–Kier alpha value is -3.61. The van der Waals surface area contributed by atoms with Crippen molar-refractivity contribution in [1.82, 2.24) is 14.8 Å². The monoisotopic (exact) mass is 406 g/mol. The fourth-order valence-corrected chi connectivity index (χ4v) is 3.51. The molecule has 2 aromatic heterocycles. The Morgan fingerprint density at radius 3 is 2.37 bits per heavy atom. The summed E-state index contributed by atoms with van der Waals surface area (Å²) in [5.41, 5.74) is 3.83. The molecule has 1 amide bonds. The highest BCUT2D eigenvalue weighted by atomic mass is 19.3. The van der Waals surface area contributed by atoms with E-state index < -0.39 is 6.43 Å². The van der Waals surface area contributed by atoms with Crippen LogP contribution in [-0.4, -0.2) is 20.7 Å². The van der Waals surface area contributed by atoms with Crippen molar-refractivity contribution in [3.05, 3.63) is 77.6 Å². The zero-order chi connectivity index (χ0) is 21.3. The van der Waals surface area contributed by atoms with Gasteiger partial charge in [-0.25, -0.2) is 18.4 Å². The van der Waals surface area contributed by atoms with Crippen LogP contribution >= 0.6 is 0 Å². The lowest BCUT2D eigenvalue weighted by Crippen LogP contribution is -2.19. The van der Waals surface area contributed by atoms with Crippen molar-refractivity contribution in [3.63, 3.8) is 0 Å². The first kappa shape index (κ1) is 19.7. The van der Waals surface area contributed by atoms with Crippen molar-refractivity contribution in [2.24, 2.45) is 0 Å². The van der Waals surface area contributed by atoms with Gasteiger partial charge in [0.1, 0.15) is 6.54 Å². The summed E-state index contributed by atoms with van der Waals surface area (Å²) in [6.45, 7) is 3.16. The molecule has 0 saturated carbocycles. The largest absolute Gasteiger partial charge is 0.324 e. The van der Waals surface area contributed by atoms with Crippen molar-refractivity contribution in [3.8, 4) is 11.1 Å². The number of aryl methyl sites for hydroxylation is 2. The van der Waals surface area contributed by atoms with Gasteiger partial charge >= 0.3 is 0 Å². The summed E-state index contributed by atoms with van der Waals surface area (Å²) in [5.74, 6) is -0.311. The molecule has 0 radical (unpaired) electrons. The number of carbonyl (C=O) groups is 1. The van der Waals surface area contributed by atoms with E-state index >= 15 is 0 Å². The average molecular weight is 406 g/mol. The number of hydrogen-bond acceptors (Lipinski definition) is 3. The number of pyridine rings is 1. The van der Waals surface area contributed by atoms with Gasteiger partial charge in [-0.15, -0.1) is 0 Å².